The number of aromatic nitrogens is 4. The Morgan fingerprint density at radius 2 is 1.73 bits per heavy atom. The van der Waals surface area contributed by atoms with Crippen molar-refractivity contribution in [1.82, 2.24) is 20.0 Å². The average molecular weight is 396 g/mol. The zero-order valence-electron chi connectivity index (χ0n) is 16.3. The molecule has 0 bridgehead atoms. The summed E-state index contributed by atoms with van der Waals surface area (Å²) < 4.78 is 7.55. The van der Waals surface area contributed by atoms with Crippen molar-refractivity contribution in [3.8, 4) is 5.75 Å². The Hall–Kier alpha value is -4.06. The molecule has 30 heavy (non-hydrogen) atoms. The normalized spacial score (nSPS) is 10.9. The highest BCUT2D eigenvalue weighted by atomic mass is 16.5. The number of ether oxygens (including phenoxy) is 1. The zero-order chi connectivity index (χ0) is 20.6. The molecule has 0 saturated heterocycles. The lowest BCUT2D eigenvalue weighted by molar-refractivity contribution is 0.104. The third kappa shape index (κ3) is 5.26. The molecule has 0 radical (unpaired) electrons. The van der Waals surface area contributed by atoms with Gasteiger partial charge in [-0.3, -0.25) is 9.78 Å². The van der Waals surface area contributed by atoms with E-state index in [4.69, 9.17) is 4.74 Å². The van der Waals surface area contributed by atoms with Gasteiger partial charge < -0.3 is 4.74 Å². The highest BCUT2D eigenvalue weighted by molar-refractivity contribution is 6.06. The van der Waals surface area contributed by atoms with E-state index in [1.54, 1.807) is 53.5 Å². The van der Waals surface area contributed by atoms with Crippen molar-refractivity contribution in [1.29, 1.82) is 0 Å². The quantitative estimate of drug-likeness (QED) is 0.330. The Balaban J connectivity index is 1.31. The van der Waals surface area contributed by atoms with Crippen molar-refractivity contribution in [3.63, 3.8) is 0 Å². The van der Waals surface area contributed by atoms with E-state index >= 15 is 0 Å². The molecule has 2 aromatic heterocycles. The summed E-state index contributed by atoms with van der Waals surface area (Å²) in [6, 6.07) is 20.8. The zero-order valence-corrected chi connectivity index (χ0v) is 16.3. The van der Waals surface area contributed by atoms with Crippen LogP contribution in [0.25, 0.3) is 6.08 Å². The van der Waals surface area contributed by atoms with Gasteiger partial charge in [0, 0.05) is 18.0 Å². The van der Waals surface area contributed by atoms with Crippen molar-refractivity contribution >= 4 is 11.9 Å². The Morgan fingerprint density at radius 3 is 2.50 bits per heavy atom. The fourth-order valence-corrected chi connectivity index (χ4v) is 2.87. The van der Waals surface area contributed by atoms with E-state index in [1.165, 1.54) is 0 Å². The van der Waals surface area contributed by atoms with E-state index in [-0.39, 0.29) is 5.78 Å². The van der Waals surface area contributed by atoms with Gasteiger partial charge >= 0.3 is 0 Å². The smallest absolute Gasteiger partial charge is 0.185 e. The van der Waals surface area contributed by atoms with E-state index < -0.39 is 0 Å². The topological polar surface area (TPSA) is 69.9 Å². The second-order valence-electron chi connectivity index (χ2n) is 6.68. The van der Waals surface area contributed by atoms with Crippen LogP contribution in [0.3, 0.4) is 0 Å². The van der Waals surface area contributed by atoms with Gasteiger partial charge in [-0.05, 0) is 53.6 Å². The van der Waals surface area contributed by atoms with E-state index in [2.05, 4.69) is 15.3 Å². The predicted octanol–water partition coefficient (Wildman–Crippen LogP) is 4.20. The van der Waals surface area contributed by atoms with Crippen molar-refractivity contribution in [2.24, 2.45) is 0 Å². The van der Waals surface area contributed by atoms with Crippen LogP contribution in [0.2, 0.25) is 0 Å². The minimum atomic E-state index is -0.0674. The Bertz CT molecular complexity index is 1120. The molecule has 0 spiro atoms. The van der Waals surface area contributed by atoms with Crippen LogP contribution in [0.15, 0.2) is 91.4 Å². The highest BCUT2D eigenvalue weighted by Crippen LogP contribution is 2.15. The molecule has 0 unspecified atom stereocenters. The molecule has 0 N–H and O–H groups in total. The fourth-order valence-electron chi connectivity index (χ4n) is 2.87. The van der Waals surface area contributed by atoms with Gasteiger partial charge in [-0.2, -0.15) is 0 Å². The summed E-state index contributed by atoms with van der Waals surface area (Å²) in [6.07, 6.45) is 8.57. The molecule has 6 heteroatoms. The largest absolute Gasteiger partial charge is 0.487 e. The molecule has 4 rings (SSSR count). The maximum Gasteiger partial charge on any atom is 0.185 e. The number of nitrogens with zero attached hydrogens (tertiary/aromatic N) is 4. The number of hydrogen-bond donors (Lipinski definition) is 0. The molecule has 0 aliphatic rings. The number of carbonyl (C=O) groups excluding carboxylic acids is 1. The Labute approximate surface area is 174 Å². The van der Waals surface area contributed by atoms with Gasteiger partial charge in [-0.15, -0.1) is 5.10 Å². The number of pyridine rings is 1. The number of carbonyl (C=O) groups is 1. The molecule has 0 atom stereocenters. The third-order valence-electron chi connectivity index (χ3n) is 4.43. The summed E-state index contributed by atoms with van der Waals surface area (Å²) in [5.41, 5.74) is 3.43. The summed E-state index contributed by atoms with van der Waals surface area (Å²) in [6.45, 7) is 0.974. The molecule has 2 aromatic carbocycles. The first-order valence-corrected chi connectivity index (χ1v) is 9.54. The first-order chi connectivity index (χ1) is 14.8. The minimum absolute atomic E-state index is 0.0674. The van der Waals surface area contributed by atoms with E-state index in [1.807, 2.05) is 48.7 Å². The molecule has 0 amide bonds. The highest BCUT2D eigenvalue weighted by Gasteiger charge is 2.05. The molecule has 0 fully saturated rings. The lowest BCUT2D eigenvalue weighted by Crippen LogP contribution is -2.00. The van der Waals surface area contributed by atoms with Gasteiger partial charge in [0.25, 0.3) is 0 Å². The van der Waals surface area contributed by atoms with Crippen LogP contribution in [0.5, 0.6) is 5.75 Å². The van der Waals surface area contributed by atoms with Crippen molar-refractivity contribution in [2.45, 2.75) is 13.2 Å². The lowest BCUT2D eigenvalue weighted by atomic mass is 10.1. The summed E-state index contributed by atoms with van der Waals surface area (Å²) >= 11 is 0. The molecule has 0 saturated carbocycles. The maximum absolute atomic E-state index is 12.3. The molecule has 0 aliphatic heterocycles. The van der Waals surface area contributed by atoms with E-state index in [9.17, 15) is 4.79 Å². The van der Waals surface area contributed by atoms with E-state index in [0.717, 1.165) is 16.8 Å². The third-order valence-corrected chi connectivity index (χ3v) is 4.43. The molecule has 2 heterocycles. The van der Waals surface area contributed by atoms with Gasteiger partial charge in [0.2, 0.25) is 0 Å². The number of benzene rings is 2. The summed E-state index contributed by atoms with van der Waals surface area (Å²) in [4.78, 5) is 16.3. The fraction of sp³-hybridized carbons (Fsp3) is 0.0833. The SMILES string of the molecule is O=C(/C=C/c1ccncc1)c1ccc(OCc2cn(Cc3ccccc3)nn2)cc1. The molecule has 0 aliphatic carbocycles. The van der Waals surface area contributed by atoms with Crippen LogP contribution in [0.4, 0.5) is 0 Å². The van der Waals surface area contributed by atoms with Crippen LogP contribution >= 0.6 is 0 Å². The van der Waals surface area contributed by atoms with Gasteiger partial charge in [-0.25, -0.2) is 4.68 Å². The maximum atomic E-state index is 12.3. The molecule has 148 valence electrons. The van der Waals surface area contributed by atoms with Gasteiger partial charge in [0.05, 0.1) is 12.7 Å². The second kappa shape index (κ2) is 9.43. The van der Waals surface area contributed by atoms with Crippen LogP contribution < -0.4 is 4.74 Å². The predicted molar refractivity (Wildman–Crippen MR) is 114 cm³/mol. The van der Waals surface area contributed by atoms with E-state index in [0.29, 0.717) is 24.5 Å². The molecular weight excluding hydrogens is 376 g/mol. The monoisotopic (exact) mass is 396 g/mol. The lowest BCUT2D eigenvalue weighted by Gasteiger charge is -2.04. The Morgan fingerprint density at radius 1 is 0.967 bits per heavy atom. The number of hydrogen-bond acceptors (Lipinski definition) is 5. The standard InChI is InChI=1S/C24H20N4O2/c29-24(11-6-19-12-14-25-15-13-19)21-7-9-23(10-8-21)30-18-22-17-28(27-26-22)16-20-4-2-1-3-5-20/h1-15,17H,16,18H2/b11-6+. The number of allylic oxidation sites excluding steroid dienone is 1. The van der Waals surface area contributed by atoms with Crippen LogP contribution in [0.1, 0.15) is 27.2 Å². The Kier molecular flexibility index (Phi) is 6.05. The second-order valence-corrected chi connectivity index (χ2v) is 6.68. The van der Waals surface area contributed by atoms with Gasteiger partial charge in [0.1, 0.15) is 18.1 Å². The van der Waals surface area contributed by atoms with Crippen molar-refractivity contribution < 1.29 is 9.53 Å². The van der Waals surface area contributed by atoms with Crippen molar-refractivity contribution in [3.05, 3.63) is 114 Å². The molecule has 6 nitrogen and oxygen atoms in total. The first-order valence-electron chi connectivity index (χ1n) is 9.54. The first kappa shape index (κ1) is 19.3. The molecular formula is C24H20N4O2. The minimum Gasteiger partial charge on any atom is -0.487 e. The van der Waals surface area contributed by atoms with Crippen LogP contribution in [0, 0.1) is 0 Å². The van der Waals surface area contributed by atoms with Crippen LogP contribution in [-0.4, -0.2) is 25.8 Å². The van der Waals surface area contributed by atoms with Gasteiger partial charge in [0.15, 0.2) is 5.78 Å². The van der Waals surface area contributed by atoms with Gasteiger partial charge in [-0.1, -0.05) is 41.6 Å². The number of rotatable bonds is 8. The number of ketones is 1. The van der Waals surface area contributed by atoms with Crippen LogP contribution in [-0.2, 0) is 13.2 Å². The van der Waals surface area contributed by atoms with Crippen molar-refractivity contribution in [2.75, 3.05) is 0 Å². The summed E-state index contributed by atoms with van der Waals surface area (Å²) in [5, 5.41) is 8.28. The summed E-state index contributed by atoms with van der Waals surface area (Å²) in [7, 11) is 0. The average Bonchev–Trinajstić information content (AvgIpc) is 3.25. The summed E-state index contributed by atoms with van der Waals surface area (Å²) in [5.74, 6) is 0.601. The molecule has 4 aromatic rings.